The van der Waals surface area contributed by atoms with E-state index in [1.165, 1.54) is 0 Å². The summed E-state index contributed by atoms with van der Waals surface area (Å²) in [5.41, 5.74) is 5.56. The predicted molar refractivity (Wildman–Crippen MR) is 107 cm³/mol. The summed E-state index contributed by atoms with van der Waals surface area (Å²) >= 11 is 0. The topological polar surface area (TPSA) is 123 Å². The maximum Gasteiger partial charge on any atom is 4.00 e. The molecule has 0 unspecified atom stereocenters. The van der Waals surface area contributed by atoms with Crippen molar-refractivity contribution in [3.8, 4) is 11.5 Å². The third-order valence-corrected chi connectivity index (χ3v) is 4.31. The van der Waals surface area contributed by atoms with E-state index >= 15 is 0 Å². The van der Waals surface area contributed by atoms with Crippen molar-refractivity contribution in [2.75, 3.05) is 0 Å². The van der Waals surface area contributed by atoms with Crippen LogP contribution in [0.25, 0.3) is 21.8 Å². The first-order valence-corrected chi connectivity index (χ1v) is 8.48. The zero-order valence-electron chi connectivity index (χ0n) is 16.6. The van der Waals surface area contributed by atoms with Gasteiger partial charge in [-0.15, -0.1) is 0 Å². The van der Waals surface area contributed by atoms with Gasteiger partial charge in [-0.3, -0.25) is 0 Å². The van der Waals surface area contributed by atoms with Gasteiger partial charge in [-0.1, -0.05) is 24.3 Å². The molecule has 0 aliphatic rings. The molecule has 0 atom stereocenters. The van der Waals surface area contributed by atoms with Crippen molar-refractivity contribution < 1.29 is 42.2 Å². The van der Waals surface area contributed by atoms with E-state index in [0.29, 0.717) is 11.0 Å². The number of phenols is 2. The Hall–Kier alpha value is -2.53. The summed E-state index contributed by atoms with van der Waals surface area (Å²) in [6, 6.07) is 15.0. The molecule has 6 nitrogen and oxygen atoms in total. The molecule has 0 aliphatic carbocycles. The van der Waals surface area contributed by atoms with Crippen molar-refractivity contribution >= 4 is 21.8 Å². The molecule has 4 rings (SSSR count). The fourth-order valence-electron chi connectivity index (χ4n) is 3.13. The Morgan fingerprint density at radius 1 is 0.621 bits per heavy atom. The molecule has 0 saturated heterocycles. The van der Waals surface area contributed by atoms with Crippen LogP contribution in [0, 0.1) is 27.7 Å². The summed E-state index contributed by atoms with van der Waals surface area (Å²) < 4.78 is 0. The molecular weight excluding hydrogens is 452 g/mol. The van der Waals surface area contributed by atoms with E-state index in [1.807, 2.05) is 64.1 Å². The molecule has 0 aliphatic heterocycles. The smallest absolute Gasteiger partial charge is 2.00 e. The average molecular weight is 474 g/mol. The molecule has 0 fully saturated rings. The number of hydrogen-bond acceptors (Lipinski definition) is 4. The molecule has 150 valence electrons. The zero-order valence-corrected chi connectivity index (χ0v) is 18.6. The van der Waals surface area contributed by atoms with Crippen molar-refractivity contribution in [1.82, 2.24) is 9.97 Å². The number of hydrogen-bond donors (Lipinski definition) is 2. The SMILES string of the molecule is Cc1cc(C)c2cccc(O)c2n1.Cc1cc(C)c2cccc(O)c2n1.[Mo+4].[O-2].[O-2]. The van der Waals surface area contributed by atoms with Crippen molar-refractivity contribution in [3.05, 3.63) is 71.0 Å². The number of aromatic nitrogens is 2. The predicted octanol–water partition coefficient (Wildman–Crippen LogP) is 4.87. The first-order chi connectivity index (χ1) is 12.4. The maximum atomic E-state index is 9.56. The van der Waals surface area contributed by atoms with E-state index in [4.69, 9.17) is 0 Å². The number of aryl methyl sites for hydroxylation is 4. The minimum absolute atomic E-state index is 0. The Balaban J connectivity index is 0.000000490. The van der Waals surface area contributed by atoms with Crippen LogP contribution in [0.15, 0.2) is 48.5 Å². The molecule has 0 amide bonds. The van der Waals surface area contributed by atoms with Gasteiger partial charge < -0.3 is 21.2 Å². The van der Waals surface area contributed by atoms with Gasteiger partial charge in [0.1, 0.15) is 22.5 Å². The van der Waals surface area contributed by atoms with Crippen LogP contribution >= 0.6 is 0 Å². The average Bonchev–Trinajstić information content (AvgIpc) is 2.57. The molecule has 2 aromatic heterocycles. The van der Waals surface area contributed by atoms with E-state index in [-0.39, 0.29) is 43.5 Å². The minimum atomic E-state index is 0. The first kappa shape index (κ1) is 26.5. The number of benzene rings is 2. The third-order valence-electron chi connectivity index (χ3n) is 4.31. The molecule has 2 N–H and O–H groups in total. The van der Waals surface area contributed by atoms with Gasteiger partial charge in [-0.05, 0) is 63.1 Å². The van der Waals surface area contributed by atoms with Gasteiger partial charge in [0.15, 0.2) is 0 Å². The van der Waals surface area contributed by atoms with Crippen LogP contribution in [0.1, 0.15) is 22.5 Å². The van der Waals surface area contributed by atoms with Gasteiger partial charge in [-0.25, -0.2) is 9.97 Å². The molecule has 0 bridgehead atoms. The van der Waals surface area contributed by atoms with E-state index in [1.54, 1.807) is 12.1 Å². The van der Waals surface area contributed by atoms with Crippen LogP contribution < -0.4 is 0 Å². The second-order valence-corrected chi connectivity index (χ2v) is 6.51. The second kappa shape index (κ2) is 10.9. The number of fused-ring (bicyclic) bond motifs is 2. The summed E-state index contributed by atoms with van der Waals surface area (Å²) in [6.45, 7) is 7.91. The Kier molecular flexibility index (Phi) is 9.91. The summed E-state index contributed by atoms with van der Waals surface area (Å²) in [5, 5.41) is 21.2. The Morgan fingerprint density at radius 3 is 1.31 bits per heavy atom. The van der Waals surface area contributed by atoms with Gasteiger partial charge in [0.2, 0.25) is 0 Å². The van der Waals surface area contributed by atoms with E-state index < -0.39 is 0 Å². The van der Waals surface area contributed by atoms with Crippen LogP contribution in [0.4, 0.5) is 0 Å². The van der Waals surface area contributed by atoms with E-state index in [0.717, 1.165) is 33.3 Å². The number of rotatable bonds is 0. The number of para-hydroxylation sites is 2. The minimum Gasteiger partial charge on any atom is -2.00 e. The van der Waals surface area contributed by atoms with Crippen molar-refractivity contribution in [2.45, 2.75) is 27.7 Å². The van der Waals surface area contributed by atoms with Gasteiger partial charge in [0, 0.05) is 22.2 Å². The third kappa shape index (κ3) is 5.73. The van der Waals surface area contributed by atoms with Crippen LogP contribution in [-0.2, 0) is 32.0 Å². The Morgan fingerprint density at radius 2 is 0.966 bits per heavy atom. The first-order valence-electron chi connectivity index (χ1n) is 8.48. The van der Waals surface area contributed by atoms with Gasteiger partial charge in [0.25, 0.3) is 0 Å². The fraction of sp³-hybridized carbons (Fsp3) is 0.182. The molecule has 4 aromatic rings. The van der Waals surface area contributed by atoms with E-state index in [2.05, 4.69) is 9.97 Å². The number of phenolic OH excluding ortho intramolecular Hbond substituents is 2. The van der Waals surface area contributed by atoms with Crippen molar-refractivity contribution in [2.24, 2.45) is 0 Å². The van der Waals surface area contributed by atoms with Crippen molar-refractivity contribution in [3.63, 3.8) is 0 Å². The van der Waals surface area contributed by atoms with Crippen LogP contribution in [-0.4, -0.2) is 20.2 Å². The van der Waals surface area contributed by atoms with Gasteiger partial charge >= 0.3 is 21.1 Å². The molecule has 0 spiro atoms. The van der Waals surface area contributed by atoms with Crippen molar-refractivity contribution in [1.29, 1.82) is 0 Å². The molecule has 0 saturated carbocycles. The van der Waals surface area contributed by atoms with E-state index in [9.17, 15) is 10.2 Å². The van der Waals surface area contributed by atoms with Crippen LogP contribution in [0.2, 0.25) is 0 Å². The number of aromatic hydroxyl groups is 2. The molecule has 0 radical (unpaired) electrons. The summed E-state index contributed by atoms with van der Waals surface area (Å²) in [5.74, 6) is 0.508. The normalized spacial score (nSPS) is 9.52. The standard InChI is InChI=1S/2C11H11NO.Mo.2O/c2*1-7-6-8(2)12-11-9(7)4-3-5-10(11)13;;;/h2*3-6,13H,1-2H3;;;/q;;+4;2*-2. The number of nitrogens with zero attached hydrogens (tertiary/aromatic N) is 2. The molecule has 7 heteroatoms. The van der Waals surface area contributed by atoms with Gasteiger partial charge in [-0.2, -0.15) is 0 Å². The summed E-state index contributed by atoms with van der Waals surface area (Å²) in [7, 11) is 0. The summed E-state index contributed by atoms with van der Waals surface area (Å²) in [4.78, 5) is 8.57. The molecule has 29 heavy (non-hydrogen) atoms. The monoisotopic (exact) mass is 476 g/mol. The quantitative estimate of drug-likeness (QED) is 0.353. The van der Waals surface area contributed by atoms with Gasteiger partial charge in [0.05, 0.1) is 0 Å². The zero-order chi connectivity index (χ0) is 18.8. The maximum absolute atomic E-state index is 9.56. The number of pyridine rings is 2. The largest absolute Gasteiger partial charge is 4.00 e. The molecule has 2 heterocycles. The van der Waals surface area contributed by atoms with Crippen LogP contribution in [0.3, 0.4) is 0 Å². The summed E-state index contributed by atoms with van der Waals surface area (Å²) in [6.07, 6.45) is 0. The Labute approximate surface area is 184 Å². The Bertz CT molecular complexity index is 1030. The van der Waals surface area contributed by atoms with Crippen LogP contribution in [0.5, 0.6) is 11.5 Å². The molecular formula is C22H22MoN2O4. The fourth-order valence-corrected chi connectivity index (χ4v) is 3.13. The second-order valence-electron chi connectivity index (χ2n) is 6.51. The molecule has 2 aromatic carbocycles.